The van der Waals surface area contributed by atoms with Crippen LogP contribution in [-0.2, 0) is 28.6 Å². The van der Waals surface area contributed by atoms with Crippen LogP contribution in [0, 0.1) is 5.92 Å². The van der Waals surface area contributed by atoms with Gasteiger partial charge in [0.25, 0.3) is 0 Å². The summed E-state index contributed by atoms with van der Waals surface area (Å²) in [6.07, 6.45) is 4.10. The Labute approximate surface area is 112 Å². The first-order valence-corrected chi connectivity index (χ1v) is 6.00. The third-order valence-corrected chi connectivity index (χ3v) is 2.16. The van der Waals surface area contributed by atoms with E-state index in [-0.39, 0.29) is 37.5 Å². The van der Waals surface area contributed by atoms with Gasteiger partial charge in [0.15, 0.2) is 0 Å². The van der Waals surface area contributed by atoms with E-state index in [1.807, 2.05) is 0 Å². The van der Waals surface area contributed by atoms with Gasteiger partial charge >= 0.3 is 17.9 Å². The summed E-state index contributed by atoms with van der Waals surface area (Å²) in [5.74, 6) is -1.43. The molecule has 6 nitrogen and oxygen atoms in total. The van der Waals surface area contributed by atoms with Crippen LogP contribution in [0.5, 0.6) is 0 Å². The zero-order chi connectivity index (χ0) is 14.7. The highest BCUT2D eigenvalue weighted by Crippen LogP contribution is 2.02. The molecule has 0 aliphatic heterocycles. The van der Waals surface area contributed by atoms with Gasteiger partial charge in [-0.3, -0.25) is 14.4 Å². The second-order valence-electron chi connectivity index (χ2n) is 3.84. The molecule has 0 N–H and O–H groups in total. The van der Waals surface area contributed by atoms with Crippen molar-refractivity contribution in [1.29, 1.82) is 0 Å². The molecule has 0 fully saturated rings. The van der Waals surface area contributed by atoms with Crippen LogP contribution in [0.3, 0.4) is 0 Å². The predicted octanol–water partition coefficient (Wildman–Crippen LogP) is 1.24. The van der Waals surface area contributed by atoms with Gasteiger partial charge in [-0.05, 0) is 13.3 Å². The predicted molar refractivity (Wildman–Crippen MR) is 67.1 cm³/mol. The number of carbonyl (C=O) groups is 3. The summed E-state index contributed by atoms with van der Waals surface area (Å²) in [4.78, 5) is 32.7. The summed E-state index contributed by atoms with van der Waals surface area (Å²) in [6, 6.07) is 0. The van der Waals surface area contributed by atoms with E-state index in [2.05, 4.69) is 9.47 Å². The number of hydrogen-bond donors (Lipinski definition) is 0. The average Bonchev–Trinajstić information content (AvgIpc) is 2.38. The summed E-state index contributed by atoms with van der Waals surface area (Å²) in [7, 11) is 1.33. The molecule has 108 valence electrons. The Bertz CT molecular complexity index is 334. The summed E-state index contributed by atoms with van der Waals surface area (Å²) in [5, 5.41) is 0. The number of ether oxygens (including phenoxy) is 3. The second kappa shape index (κ2) is 10.1. The average molecular weight is 272 g/mol. The van der Waals surface area contributed by atoms with Gasteiger partial charge in [-0.15, -0.1) is 0 Å². The fourth-order valence-corrected chi connectivity index (χ4v) is 1.18. The number of rotatable bonds is 8. The second-order valence-corrected chi connectivity index (χ2v) is 3.84. The van der Waals surface area contributed by atoms with Crippen LogP contribution in [0.4, 0.5) is 0 Å². The van der Waals surface area contributed by atoms with E-state index in [4.69, 9.17) is 4.74 Å². The molecule has 0 rings (SSSR count). The molecule has 0 radical (unpaired) electrons. The molecule has 0 aromatic heterocycles. The van der Waals surface area contributed by atoms with E-state index >= 15 is 0 Å². The third-order valence-electron chi connectivity index (χ3n) is 2.16. The SMILES string of the molecule is COC(=O)C(C)/C=C/CCC(=O)OCCOC(C)=O. The zero-order valence-corrected chi connectivity index (χ0v) is 11.5. The topological polar surface area (TPSA) is 78.9 Å². The van der Waals surface area contributed by atoms with Crippen molar-refractivity contribution < 1.29 is 28.6 Å². The fraction of sp³-hybridized carbons (Fsp3) is 0.615. The van der Waals surface area contributed by atoms with Gasteiger partial charge in [-0.2, -0.15) is 0 Å². The summed E-state index contributed by atoms with van der Waals surface area (Å²) in [5.41, 5.74) is 0. The molecule has 0 saturated carbocycles. The van der Waals surface area contributed by atoms with Crippen molar-refractivity contribution >= 4 is 17.9 Å². The molecule has 1 atom stereocenters. The lowest BCUT2D eigenvalue weighted by Gasteiger charge is -2.04. The zero-order valence-electron chi connectivity index (χ0n) is 11.5. The molecule has 0 aliphatic carbocycles. The molecule has 0 aromatic rings. The monoisotopic (exact) mass is 272 g/mol. The Morgan fingerprint density at radius 3 is 2.37 bits per heavy atom. The van der Waals surface area contributed by atoms with E-state index in [0.717, 1.165) is 0 Å². The molecule has 0 aliphatic rings. The highest BCUT2D eigenvalue weighted by Gasteiger charge is 2.08. The highest BCUT2D eigenvalue weighted by molar-refractivity contribution is 5.73. The highest BCUT2D eigenvalue weighted by atomic mass is 16.6. The van der Waals surface area contributed by atoms with Crippen molar-refractivity contribution in [2.45, 2.75) is 26.7 Å². The number of methoxy groups -OCH3 is 1. The number of allylic oxidation sites excluding steroid dienone is 1. The lowest BCUT2D eigenvalue weighted by atomic mass is 10.1. The van der Waals surface area contributed by atoms with Gasteiger partial charge in [-0.25, -0.2) is 0 Å². The van der Waals surface area contributed by atoms with Gasteiger partial charge in [0.2, 0.25) is 0 Å². The lowest BCUT2D eigenvalue weighted by molar-refractivity contribution is -0.150. The van der Waals surface area contributed by atoms with E-state index in [9.17, 15) is 14.4 Å². The minimum absolute atomic E-state index is 0.0562. The first kappa shape index (κ1) is 17.2. The van der Waals surface area contributed by atoms with Gasteiger partial charge < -0.3 is 14.2 Å². The van der Waals surface area contributed by atoms with Crippen LogP contribution in [0.1, 0.15) is 26.7 Å². The van der Waals surface area contributed by atoms with Crippen molar-refractivity contribution in [3.05, 3.63) is 12.2 Å². The maximum atomic E-state index is 11.2. The minimum atomic E-state index is -0.407. The standard InChI is InChI=1S/C13H20O6/c1-10(13(16)17-3)6-4-5-7-12(15)19-9-8-18-11(2)14/h4,6,10H,5,7-9H2,1-3H3/b6-4+. The smallest absolute Gasteiger partial charge is 0.312 e. The van der Waals surface area contributed by atoms with Crippen LogP contribution in [0.2, 0.25) is 0 Å². The summed E-state index contributed by atoms with van der Waals surface area (Å²) < 4.78 is 14.0. The van der Waals surface area contributed by atoms with Crippen LogP contribution in [0.25, 0.3) is 0 Å². The Morgan fingerprint density at radius 1 is 1.16 bits per heavy atom. The van der Waals surface area contributed by atoms with Gasteiger partial charge in [0, 0.05) is 13.3 Å². The summed E-state index contributed by atoms with van der Waals surface area (Å²) >= 11 is 0. The first-order valence-electron chi connectivity index (χ1n) is 6.00. The van der Waals surface area contributed by atoms with E-state index < -0.39 is 5.97 Å². The van der Waals surface area contributed by atoms with Crippen molar-refractivity contribution in [3.8, 4) is 0 Å². The number of carbonyl (C=O) groups excluding carboxylic acids is 3. The van der Waals surface area contributed by atoms with E-state index in [1.165, 1.54) is 14.0 Å². The Kier molecular flexibility index (Phi) is 9.12. The molecule has 0 heterocycles. The molecule has 0 spiro atoms. The molecular formula is C13H20O6. The Balaban J connectivity index is 3.65. The van der Waals surface area contributed by atoms with Gasteiger partial charge in [-0.1, -0.05) is 12.2 Å². The lowest BCUT2D eigenvalue weighted by Crippen LogP contribution is -2.12. The molecule has 0 saturated heterocycles. The van der Waals surface area contributed by atoms with Crippen LogP contribution >= 0.6 is 0 Å². The van der Waals surface area contributed by atoms with Gasteiger partial charge in [0.1, 0.15) is 13.2 Å². The Hall–Kier alpha value is -1.85. The van der Waals surface area contributed by atoms with Crippen molar-refractivity contribution in [2.75, 3.05) is 20.3 Å². The fourth-order valence-electron chi connectivity index (χ4n) is 1.18. The normalized spacial score (nSPS) is 11.9. The number of esters is 3. The maximum Gasteiger partial charge on any atom is 0.312 e. The number of hydrogen-bond acceptors (Lipinski definition) is 6. The molecule has 0 amide bonds. The van der Waals surface area contributed by atoms with E-state index in [1.54, 1.807) is 19.1 Å². The molecular weight excluding hydrogens is 252 g/mol. The van der Waals surface area contributed by atoms with Crippen LogP contribution < -0.4 is 0 Å². The molecule has 0 aromatic carbocycles. The van der Waals surface area contributed by atoms with Crippen molar-refractivity contribution in [3.63, 3.8) is 0 Å². The van der Waals surface area contributed by atoms with E-state index in [0.29, 0.717) is 6.42 Å². The largest absolute Gasteiger partial charge is 0.469 e. The third kappa shape index (κ3) is 9.82. The molecule has 19 heavy (non-hydrogen) atoms. The molecule has 1 unspecified atom stereocenters. The Morgan fingerprint density at radius 2 is 1.79 bits per heavy atom. The molecule has 6 heteroatoms. The quantitative estimate of drug-likeness (QED) is 0.286. The van der Waals surface area contributed by atoms with Crippen molar-refractivity contribution in [2.24, 2.45) is 5.92 Å². The van der Waals surface area contributed by atoms with Crippen molar-refractivity contribution in [1.82, 2.24) is 0 Å². The van der Waals surface area contributed by atoms with Gasteiger partial charge in [0.05, 0.1) is 13.0 Å². The summed E-state index contributed by atoms with van der Waals surface area (Å²) in [6.45, 7) is 3.12. The minimum Gasteiger partial charge on any atom is -0.469 e. The first-order chi connectivity index (χ1) is 8.97. The molecule has 0 bridgehead atoms. The van der Waals surface area contributed by atoms with Crippen LogP contribution in [0.15, 0.2) is 12.2 Å². The maximum absolute atomic E-state index is 11.2. The van der Waals surface area contributed by atoms with Crippen LogP contribution in [-0.4, -0.2) is 38.2 Å².